The number of hydrogen-bond acceptors (Lipinski definition) is 5. The van der Waals surface area contributed by atoms with E-state index >= 15 is 0 Å². The number of aryl methyl sites for hydroxylation is 3. The third-order valence-corrected chi connectivity index (χ3v) is 7.39. The van der Waals surface area contributed by atoms with E-state index < -0.39 is 17.8 Å². The number of benzene rings is 3. The molecular formula is C29H26BrIN2O5. The molecule has 1 saturated heterocycles. The summed E-state index contributed by atoms with van der Waals surface area (Å²) in [4.78, 5) is 39.7. The quantitative estimate of drug-likeness (QED) is 0.171. The van der Waals surface area contributed by atoms with Crippen molar-refractivity contribution in [3.63, 3.8) is 0 Å². The Balaban J connectivity index is 1.67. The van der Waals surface area contributed by atoms with Crippen LogP contribution >= 0.6 is 38.5 Å². The van der Waals surface area contributed by atoms with Gasteiger partial charge >= 0.3 is 6.03 Å². The molecule has 0 bridgehead atoms. The predicted molar refractivity (Wildman–Crippen MR) is 158 cm³/mol. The van der Waals surface area contributed by atoms with Crippen molar-refractivity contribution in [2.75, 3.05) is 11.5 Å². The van der Waals surface area contributed by atoms with E-state index in [1.54, 1.807) is 37.3 Å². The fraction of sp³-hybridized carbons (Fsp3) is 0.207. The molecule has 3 aromatic carbocycles. The largest absolute Gasteiger partial charge is 0.490 e. The maximum Gasteiger partial charge on any atom is 0.335 e. The van der Waals surface area contributed by atoms with E-state index in [2.05, 4.69) is 69.8 Å². The molecule has 1 heterocycles. The van der Waals surface area contributed by atoms with Crippen LogP contribution in [-0.4, -0.2) is 24.5 Å². The van der Waals surface area contributed by atoms with Crippen LogP contribution < -0.4 is 19.7 Å². The second kappa shape index (κ2) is 11.7. The summed E-state index contributed by atoms with van der Waals surface area (Å²) in [5.41, 5.74) is 4.95. The Morgan fingerprint density at radius 3 is 2.39 bits per heavy atom. The Labute approximate surface area is 243 Å². The van der Waals surface area contributed by atoms with Crippen molar-refractivity contribution in [3.8, 4) is 11.5 Å². The van der Waals surface area contributed by atoms with Crippen LogP contribution in [0.3, 0.4) is 0 Å². The molecule has 0 aromatic heterocycles. The smallest absolute Gasteiger partial charge is 0.335 e. The molecule has 4 rings (SSSR count). The highest BCUT2D eigenvalue weighted by Crippen LogP contribution is 2.36. The van der Waals surface area contributed by atoms with Gasteiger partial charge in [0.05, 0.1) is 15.9 Å². The van der Waals surface area contributed by atoms with E-state index in [0.717, 1.165) is 18.5 Å². The van der Waals surface area contributed by atoms with E-state index in [4.69, 9.17) is 9.47 Å². The molecule has 4 amide bonds. The van der Waals surface area contributed by atoms with Gasteiger partial charge < -0.3 is 9.47 Å². The lowest BCUT2D eigenvalue weighted by Gasteiger charge is -2.27. The number of hydrogen-bond donors (Lipinski definition) is 1. The molecule has 0 atom stereocenters. The highest BCUT2D eigenvalue weighted by atomic mass is 127. The lowest BCUT2D eigenvalue weighted by molar-refractivity contribution is -0.122. The predicted octanol–water partition coefficient (Wildman–Crippen LogP) is 6.62. The van der Waals surface area contributed by atoms with E-state index in [1.165, 1.54) is 17.2 Å². The first-order valence-corrected chi connectivity index (χ1v) is 13.8. The Hall–Kier alpha value is -3.18. The molecule has 1 aliphatic heterocycles. The van der Waals surface area contributed by atoms with Crippen molar-refractivity contribution >= 4 is 68.1 Å². The highest BCUT2D eigenvalue weighted by Gasteiger charge is 2.37. The first-order chi connectivity index (χ1) is 18.1. The van der Waals surface area contributed by atoms with Crippen molar-refractivity contribution in [2.24, 2.45) is 0 Å². The minimum Gasteiger partial charge on any atom is -0.490 e. The lowest BCUT2D eigenvalue weighted by atomic mass is 10.1. The summed E-state index contributed by atoms with van der Waals surface area (Å²) < 4.78 is 13.6. The number of ether oxygens (including phenoxy) is 2. The van der Waals surface area contributed by atoms with Gasteiger partial charge in [0, 0.05) is 4.47 Å². The Morgan fingerprint density at radius 1 is 0.947 bits per heavy atom. The van der Waals surface area contributed by atoms with Crippen molar-refractivity contribution in [1.29, 1.82) is 0 Å². The van der Waals surface area contributed by atoms with Crippen molar-refractivity contribution in [3.05, 3.63) is 90.0 Å². The van der Waals surface area contributed by atoms with Crippen LogP contribution in [-0.2, 0) is 16.2 Å². The monoisotopic (exact) mass is 688 g/mol. The van der Waals surface area contributed by atoms with Crippen LogP contribution in [0.2, 0.25) is 0 Å². The summed E-state index contributed by atoms with van der Waals surface area (Å²) in [5.74, 6) is -0.383. The third kappa shape index (κ3) is 5.94. The van der Waals surface area contributed by atoms with Gasteiger partial charge in [0.2, 0.25) is 0 Å². The number of halogens is 2. The van der Waals surface area contributed by atoms with Crippen molar-refractivity contribution in [1.82, 2.24) is 5.32 Å². The summed E-state index contributed by atoms with van der Waals surface area (Å²) in [7, 11) is 0. The molecule has 38 heavy (non-hydrogen) atoms. The van der Waals surface area contributed by atoms with Gasteiger partial charge in [-0.25, -0.2) is 9.69 Å². The summed E-state index contributed by atoms with van der Waals surface area (Å²) >= 11 is 5.53. The third-order valence-electron chi connectivity index (χ3n) is 6.10. The van der Waals surface area contributed by atoms with Crippen LogP contribution in [0.1, 0.15) is 34.7 Å². The molecule has 1 N–H and O–H groups in total. The van der Waals surface area contributed by atoms with Crippen LogP contribution in [0.15, 0.2) is 58.6 Å². The van der Waals surface area contributed by atoms with E-state index in [-0.39, 0.29) is 5.57 Å². The SMILES string of the molecule is CCOc1cc(/C=C2/C(=O)NC(=O)N(c3ccc(Br)cc3C)C2=O)cc(I)c1OCc1ccc(C)c(C)c1. The molecule has 0 unspecified atom stereocenters. The zero-order valence-electron chi connectivity index (χ0n) is 21.4. The fourth-order valence-corrected chi connectivity index (χ4v) is 5.29. The molecule has 3 aromatic rings. The normalized spacial score (nSPS) is 14.6. The first kappa shape index (κ1) is 27.8. The molecule has 0 spiro atoms. The Morgan fingerprint density at radius 2 is 1.71 bits per heavy atom. The molecule has 0 saturated carbocycles. The van der Waals surface area contributed by atoms with Gasteiger partial charge in [-0.05, 0) is 115 Å². The Bertz CT molecular complexity index is 1480. The first-order valence-electron chi connectivity index (χ1n) is 11.9. The molecule has 0 aliphatic carbocycles. The van der Waals surface area contributed by atoms with E-state index in [1.807, 2.05) is 13.0 Å². The minimum absolute atomic E-state index is 0.158. The number of urea groups is 1. The summed E-state index contributed by atoms with van der Waals surface area (Å²) in [6.07, 6.45) is 1.46. The average Bonchev–Trinajstić information content (AvgIpc) is 2.85. The number of anilines is 1. The number of carbonyl (C=O) groups is 3. The number of imide groups is 2. The van der Waals surface area contributed by atoms with Crippen LogP contribution in [0.25, 0.3) is 6.08 Å². The summed E-state index contributed by atoms with van der Waals surface area (Å²) in [6, 6.07) is 14.1. The number of nitrogens with zero attached hydrogens (tertiary/aromatic N) is 1. The summed E-state index contributed by atoms with van der Waals surface area (Å²) in [5, 5.41) is 2.27. The van der Waals surface area contributed by atoms with Crippen molar-refractivity contribution in [2.45, 2.75) is 34.3 Å². The zero-order valence-corrected chi connectivity index (χ0v) is 25.1. The lowest BCUT2D eigenvalue weighted by Crippen LogP contribution is -2.54. The second-order valence-electron chi connectivity index (χ2n) is 8.86. The van der Waals surface area contributed by atoms with E-state index in [9.17, 15) is 14.4 Å². The van der Waals surface area contributed by atoms with Crippen LogP contribution in [0.5, 0.6) is 11.5 Å². The minimum atomic E-state index is -0.790. The average molecular weight is 689 g/mol. The van der Waals surface area contributed by atoms with Gasteiger partial charge in [-0.1, -0.05) is 34.1 Å². The molecule has 7 nitrogen and oxygen atoms in total. The highest BCUT2D eigenvalue weighted by molar-refractivity contribution is 14.1. The van der Waals surface area contributed by atoms with Gasteiger partial charge in [-0.2, -0.15) is 0 Å². The Kier molecular flexibility index (Phi) is 8.57. The summed E-state index contributed by atoms with van der Waals surface area (Å²) in [6.45, 7) is 8.55. The maximum absolute atomic E-state index is 13.4. The van der Waals surface area contributed by atoms with Gasteiger partial charge in [-0.3, -0.25) is 14.9 Å². The van der Waals surface area contributed by atoms with Crippen LogP contribution in [0.4, 0.5) is 10.5 Å². The number of barbiturate groups is 1. The van der Waals surface area contributed by atoms with Gasteiger partial charge in [0.15, 0.2) is 11.5 Å². The molecular weight excluding hydrogens is 663 g/mol. The molecule has 1 fully saturated rings. The number of amides is 4. The van der Waals surface area contributed by atoms with Gasteiger partial charge in [0.1, 0.15) is 12.2 Å². The maximum atomic E-state index is 13.4. The standard InChI is InChI=1S/C29H26BrIN2O5/c1-5-37-25-14-20(13-23(31)26(25)38-15-19-7-6-16(2)17(3)10-19)12-22-27(34)32-29(36)33(28(22)35)24-9-8-21(30)11-18(24)4/h6-14H,5,15H2,1-4H3,(H,32,34,36)/b22-12-. The van der Waals surface area contributed by atoms with Gasteiger partial charge in [0.25, 0.3) is 11.8 Å². The number of rotatable bonds is 7. The molecule has 1 aliphatic rings. The number of carbonyl (C=O) groups excluding carboxylic acids is 3. The van der Waals surface area contributed by atoms with E-state index in [0.29, 0.717) is 41.5 Å². The fourth-order valence-electron chi connectivity index (χ4n) is 4.04. The topological polar surface area (TPSA) is 84.9 Å². The number of nitrogens with one attached hydrogen (secondary N) is 1. The van der Waals surface area contributed by atoms with Gasteiger partial charge in [-0.15, -0.1) is 0 Å². The van der Waals surface area contributed by atoms with Crippen molar-refractivity contribution < 1.29 is 23.9 Å². The molecule has 196 valence electrons. The molecule has 9 heteroatoms. The zero-order chi connectivity index (χ0) is 27.6. The molecule has 0 radical (unpaired) electrons. The second-order valence-corrected chi connectivity index (χ2v) is 10.9. The van der Waals surface area contributed by atoms with Crippen LogP contribution in [0, 0.1) is 24.3 Å².